The van der Waals surface area contributed by atoms with Crippen LogP contribution in [-0.2, 0) is 4.79 Å². The smallest absolute Gasteiger partial charge is 0.316 e. The Balaban J connectivity index is 3.12. The number of hydrogen-bond acceptors (Lipinski definition) is 6. The van der Waals surface area contributed by atoms with E-state index in [9.17, 15) is 14.9 Å². The molecular formula is C9H7N3O4S. The zero-order chi connectivity index (χ0) is 13.0. The number of nitriles is 1. The standard InChI is InChI=1S/C9H7N3O4S/c1-5(9(13)14)17-8-7(12(15)16)2-6(3-10)4-11-8/h2,4-5H,1H3,(H,13,14). The van der Waals surface area contributed by atoms with Gasteiger partial charge in [0, 0.05) is 12.3 Å². The van der Waals surface area contributed by atoms with E-state index < -0.39 is 16.1 Å². The maximum atomic E-state index is 10.7. The maximum Gasteiger partial charge on any atom is 0.316 e. The number of aromatic nitrogens is 1. The summed E-state index contributed by atoms with van der Waals surface area (Å²) >= 11 is 0.764. The molecule has 1 aromatic heterocycles. The number of carbonyl (C=O) groups is 1. The van der Waals surface area contributed by atoms with E-state index in [1.807, 2.05) is 0 Å². The molecule has 0 saturated carbocycles. The molecular weight excluding hydrogens is 246 g/mol. The number of aliphatic carboxylic acids is 1. The summed E-state index contributed by atoms with van der Waals surface area (Å²) in [6.07, 6.45) is 1.17. The highest BCUT2D eigenvalue weighted by atomic mass is 32.2. The van der Waals surface area contributed by atoms with E-state index in [1.165, 1.54) is 13.1 Å². The van der Waals surface area contributed by atoms with E-state index in [2.05, 4.69) is 4.98 Å². The summed E-state index contributed by atoms with van der Waals surface area (Å²) in [4.78, 5) is 24.4. The van der Waals surface area contributed by atoms with E-state index in [0.29, 0.717) is 0 Å². The molecule has 0 aliphatic carbocycles. The van der Waals surface area contributed by atoms with Crippen molar-refractivity contribution in [2.45, 2.75) is 17.2 Å². The van der Waals surface area contributed by atoms with Crippen LogP contribution in [0.4, 0.5) is 5.69 Å². The minimum absolute atomic E-state index is 0.0103. The highest BCUT2D eigenvalue weighted by molar-refractivity contribution is 8.00. The molecule has 1 aromatic rings. The van der Waals surface area contributed by atoms with Crippen molar-refractivity contribution < 1.29 is 14.8 Å². The molecule has 1 atom stereocenters. The van der Waals surface area contributed by atoms with E-state index >= 15 is 0 Å². The van der Waals surface area contributed by atoms with Gasteiger partial charge < -0.3 is 5.11 Å². The second kappa shape index (κ2) is 5.27. The molecule has 0 saturated heterocycles. The van der Waals surface area contributed by atoms with Crippen molar-refractivity contribution >= 4 is 23.4 Å². The number of nitrogens with zero attached hydrogens (tertiary/aromatic N) is 3. The lowest BCUT2D eigenvalue weighted by Crippen LogP contribution is -2.12. The molecule has 8 heteroatoms. The fourth-order valence-electron chi connectivity index (χ4n) is 0.941. The molecule has 0 amide bonds. The van der Waals surface area contributed by atoms with E-state index in [0.717, 1.165) is 17.8 Å². The molecule has 0 spiro atoms. The zero-order valence-electron chi connectivity index (χ0n) is 8.65. The summed E-state index contributed by atoms with van der Waals surface area (Å²) in [5.41, 5.74) is -0.300. The van der Waals surface area contributed by atoms with Gasteiger partial charge in [-0.05, 0) is 6.92 Å². The van der Waals surface area contributed by atoms with Crippen molar-refractivity contribution in [1.29, 1.82) is 5.26 Å². The second-order valence-electron chi connectivity index (χ2n) is 3.02. The summed E-state index contributed by atoms with van der Waals surface area (Å²) in [7, 11) is 0. The molecule has 0 aliphatic heterocycles. The highest BCUT2D eigenvalue weighted by Gasteiger charge is 2.22. The van der Waals surface area contributed by atoms with Gasteiger partial charge in [-0.25, -0.2) is 4.98 Å². The number of hydrogen-bond donors (Lipinski definition) is 1. The van der Waals surface area contributed by atoms with Gasteiger partial charge in [0.2, 0.25) is 0 Å². The third-order valence-corrected chi connectivity index (χ3v) is 2.89. The molecule has 1 N–H and O–H groups in total. The fraction of sp³-hybridized carbons (Fsp3) is 0.222. The Hall–Kier alpha value is -2.14. The van der Waals surface area contributed by atoms with Gasteiger partial charge in [-0.2, -0.15) is 5.26 Å². The number of rotatable bonds is 4. The fourth-order valence-corrected chi connectivity index (χ4v) is 1.74. The van der Waals surface area contributed by atoms with Crippen molar-refractivity contribution in [1.82, 2.24) is 4.98 Å². The summed E-state index contributed by atoms with van der Waals surface area (Å²) in [6, 6.07) is 2.81. The third kappa shape index (κ3) is 3.15. The minimum Gasteiger partial charge on any atom is -0.480 e. The van der Waals surface area contributed by atoms with Crippen LogP contribution in [0.3, 0.4) is 0 Å². The molecule has 0 fully saturated rings. The average molecular weight is 253 g/mol. The summed E-state index contributed by atoms with van der Waals surface area (Å²) in [6.45, 7) is 1.40. The quantitative estimate of drug-likeness (QED) is 0.489. The lowest BCUT2D eigenvalue weighted by atomic mass is 10.3. The molecule has 1 rings (SSSR count). The van der Waals surface area contributed by atoms with Crippen LogP contribution in [0.25, 0.3) is 0 Å². The Morgan fingerprint density at radius 2 is 2.41 bits per heavy atom. The SMILES string of the molecule is CC(Sc1ncc(C#N)cc1[N+](=O)[O-])C(=O)O. The topological polar surface area (TPSA) is 117 Å². The normalized spacial score (nSPS) is 11.5. The van der Waals surface area contributed by atoms with E-state index in [-0.39, 0.29) is 16.3 Å². The van der Waals surface area contributed by atoms with Crippen molar-refractivity contribution in [2.24, 2.45) is 0 Å². The van der Waals surface area contributed by atoms with Crippen molar-refractivity contribution in [3.05, 3.63) is 27.9 Å². The predicted octanol–water partition coefficient (Wildman–Crippen LogP) is 1.43. The van der Waals surface area contributed by atoms with Gasteiger partial charge in [0.15, 0.2) is 5.03 Å². The third-order valence-electron chi connectivity index (χ3n) is 1.79. The number of carboxylic acid groups (broad SMARTS) is 1. The first-order chi connectivity index (χ1) is 7.95. The molecule has 17 heavy (non-hydrogen) atoms. The average Bonchev–Trinajstić information content (AvgIpc) is 2.29. The molecule has 7 nitrogen and oxygen atoms in total. The number of nitro groups is 1. The molecule has 88 valence electrons. The number of thioether (sulfide) groups is 1. The Morgan fingerprint density at radius 1 is 1.76 bits per heavy atom. The summed E-state index contributed by atoms with van der Waals surface area (Å²) in [5.74, 6) is -1.09. The molecule has 0 radical (unpaired) electrons. The lowest BCUT2D eigenvalue weighted by molar-refractivity contribution is -0.388. The molecule has 1 unspecified atom stereocenters. The van der Waals surface area contributed by atoms with Crippen LogP contribution in [0.15, 0.2) is 17.3 Å². The lowest BCUT2D eigenvalue weighted by Gasteiger charge is -2.05. The molecule has 0 bridgehead atoms. The van der Waals surface area contributed by atoms with Gasteiger partial charge in [-0.1, -0.05) is 11.8 Å². The largest absolute Gasteiger partial charge is 0.480 e. The zero-order valence-corrected chi connectivity index (χ0v) is 9.47. The Morgan fingerprint density at radius 3 is 2.88 bits per heavy atom. The summed E-state index contributed by atoms with van der Waals surface area (Å²) in [5, 5.41) is 27.2. The van der Waals surface area contributed by atoms with Crippen LogP contribution in [-0.4, -0.2) is 26.2 Å². The molecule has 0 aromatic carbocycles. The number of carboxylic acids is 1. The van der Waals surface area contributed by atoms with Gasteiger partial charge in [-0.15, -0.1) is 0 Å². The van der Waals surface area contributed by atoms with Crippen molar-refractivity contribution in [3.63, 3.8) is 0 Å². The Bertz CT molecular complexity index is 511. The van der Waals surface area contributed by atoms with E-state index in [1.54, 1.807) is 6.07 Å². The Kier molecular flexibility index (Phi) is 4.01. The van der Waals surface area contributed by atoms with Crippen molar-refractivity contribution in [2.75, 3.05) is 0 Å². The number of pyridine rings is 1. The summed E-state index contributed by atoms with van der Waals surface area (Å²) < 4.78 is 0. The first kappa shape index (κ1) is 12.9. The van der Waals surface area contributed by atoms with Crippen molar-refractivity contribution in [3.8, 4) is 6.07 Å². The maximum absolute atomic E-state index is 10.7. The van der Waals surface area contributed by atoms with Gasteiger partial charge in [0.05, 0.1) is 10.5 Å². The monoisotopic (exact) mass is 253 g/mol. The molecule has 1 heterocycles. The van der Waals surface area contributed by atoms with Crippen LogP contribution >= 0.6 is 11.8 Å². The van der Waals surface area contributed by atoms with Gasteiger partial charge in [0.25, 0.3) is 0 Å². The second-order valence-corrected chi connectivity index (χ2v) is 4.35. The van der Waals surface area contributed by atoms with Gasteiger partial charge >= 0.3 is 11.7 Å². The van der Waals surface area contributed by atoms with Crippen LogP contribution < -0.4 is 0 Å². The van der Waals surface area contributed by atoms with Gasteiger partial charge in [0.1, 0.15) is 11.3 Å². The predicted molar refractivity (Wildman–Crippen MR) is 58.6 cm³/mol. The van der Waals surface area contributed by atoms with Crippen LogP contribution in [0.5, 0.6) is 0 Å². The van der Waals surface area contributed by atoms with Crippen LogP contribution in [0, 0.1) is 21.4 Å². The Labute approximate surface area is 100 Å². The highest BCUT2D eigenvalue weighted by Crippen LogP contribution is 2.30. The first-order valence-corrected chi connectivity index (χ1v) is 5.27. The minimum atomic E-state index is -1.09. The van der Waals surface area contributed by atoms with Crippen LogP contribution in [0.2, 0.25) is 0 Å². The van der Waals surface area contributed by atoms with Crippen LogP contribution in [0.1, 0.15) is 12.5 Å². The van der Waals surface area contributed by atoms with Gasteiger partial charge in [-0.3, -0.25) is 14.9 Å². The first-order valence-electron chi connectivity index (χ1n) is 4.39. The van der Waals surface area contributed by atoms with E-state index in [4.69, 9.17) is 10.4 Å². The molecule has 0 aliphatic rings.